The molecule has 0 aromatic heterocycles. The van der Waals surface area contributed by atoms with Crippen molar-refractivity contribution in [1.29, 1.82) is 0 Å². The number of hydrogen-bond donors (Lipinski definition) is 2. The molecule has 1 fully saturated rings. The van der Waals surface area contributed by atoms with Gasteiger partial charge in [-0.05, 0) is 43.2 Å². The Bertz CT molecular complexity index is 767. The van der Waals surface area contributed by atoms with Crippen molar-refractivity contribution >= 4 is 39.1 Å². The Morgan fingerprint density at radius 1 is 1.12 bits per heavy atom. The number of hydrogen-bond acceptors (Lipinski definition) is 3. The second-order valence-corrected chi connectivity index (χ2v) is 7.16. The van der Waals surface area contributed by atoms with Gasteiger partial charge in [0.25, 0.3) is 0 Å². The molecule has 2 aromatic carbocycles. The zero-order valence-electron chi connectivity index (χ0n) is 14.5. The van der Waals surface area contributed by atoms with E-state index in [1.807, 2.05) is 54.6 Å². The minimum Gasteiger partial charge on any atom is -0.385 e. The molecule has 0 spiro atoms. The summed E-state index contributed by atoms with van der Waals surface area (Å²) >= 11 is 3.42. The third-order valence-corrected chi connectivity index (χ3v) is 4.89. The monoisotopic (exact) mass is 415 g/mol. The highest BCUT2D eigenvalue weighted by Gasteiger charge is 2.37. The molecule has 0 radical (unpaired) electrons. The molecule has 2 aromatic rings. The van der Waals surface area contributed by atoms with Crippen molar-refractivity contribution in [3.05, 3.63) is 59.1 Å². The molecule has 1 heterocycles. The number of rotatable bonds is 7. The highest BCUT2D eigenvalue weighted by molar-refractivity contribution is 9.10. The molecule has 1 saturated heterocycles. The fraction of sp³-hybridized carbons (Fsp3) is 0.300. The predicted octanol–water partition coefficient (Wildman–Crippen LogP) is 3.42. The van der Waals surface area contributed by atoms with Gasteiger partial charge in [0.1, 0.15) is 5.92 Å². The highest BCUT2D eigenvalue weighted by atomic mass is 79.9. The first-order valence-corrected chi connectivity index (χ1v) is 9.58. The molecule has 26 heavy (non-hydrogen) atoms. The fourth-order valence-electron chi connectivity index (χ4n) is 3.04. The summed E-state index contributed by atoms with van der Waals surface area (Å²) in [5.74, 6) is -0.883. The van der Waals surface area contributed by atoms with E-state index < -0.39 is 5.92 Å². The zero-order chi connectivity index (χ0) is 18.4. The molecular formula is C20H22BrN3O2. The van der Waals surface area contributed by atoms with Gasteiger partial charge >= 0.3 is 0 Å². The van der Waals surface area contributed by atoms with E-state index in [2.05, 4.69) is 26.6 Å². The first kappa shape index (κ1) is 18.5. The Morgan fingerprint density at radius 3 is 2.69 bits per heavy atom. The summed E-state index contributed by atoms with van der Waals surface area (Å²) in [6.07, 6.45) is 1.36. The van der Waals surface area contributed by atoms with Crippen LogP contribution >= 0.6 is 15.9 Å². The van der Waals surface area contributed by atoms with E-state index in [1.54, 1.807) is 4.90 Å². The number of anilines is 2. The third-order valence-electron chi connectivity index (χ3n) is 4.40. The maximum Gasteiger partial charge on any atom is 0.239 e. The maximum absolute atomic E-state index is 12.6. The van der Waals surface area contributed by atoms with Crippen LogP contribution in [0.5, 0.6) is 0 Å². The SMILES string of the molecule is O=C(NCCCNc1ccccc1)C1CCN(c2cccc(Br)c2)C1=O. The van der Waals surface area contributed by atoms with Gasteiger partial charge in [-0.15, -0.1) is 0 Å². The summed E-state index contributed by atoms with van der Waals surface area (Å²) < 4.78 is 0.918. The van der Waals surface area contributed by atoms with Gasteiger partial charge in [0.2, 0.25) is 11.8 Å². The Labute approximate surface area is 161 Å². The van der Waals surface area contributed by atoms with Crippen LogP contribution in [0.3, 0.4) is 0 Å². The van der Waals surface area contributed by atoms with E-state index >= 15 is 0 Å². The molecule has 2 N–H and O–H groups in total. The lowest BCUT2D eigenvalue weighted by molar-refractivity contribution is -0.132. The molecule has 1 atom stereocenters. The average Bonchev–Trinajstić information content (AvgIpc) is 3.04. The van der Waals surface area contributed by atoms with Crippen LogP contribution in [-0.4, -0.2) is 31.4 Å². The van der Waals surface area contributed by atoms with E-state index in [0.717, 1.165) is 28.8 Å². The summed E-state index contributed by atoms with van der Waals surface area (Å²) in [6, 6.07) is 17.5. The van der Waals surface area contributed by atoms with Crippen LogP contribution in [0.15, 0.2) is 59.1 Å². The quantitative estimate of drug-likeness (QED) is 0.537. The summed E-state index contributed by atoms with van der Waals surface area (Å²) in [6.45, 7) is 1.90. The number of benzene rings is 2. The number of para-hydroxylation sites is 1. The van der Waals surface area contributed by atoms with Gasteiger partial charge in [-0.3, -0.25) is 9.59 Å². The molecule has 1 aliphatic heterocycles. The molecule has 0 aliphatic carbocycles. The first-order chi connectivity index (χ1) is 12.6. The minimum absolute atomic E-state index is 0.122. The van der Waals surface area contributed by atoms with Crippen LogP contribution in [-0.2, 0) is 9.59 Å². The van der Waals surface area contributed by atoms with Crippen molar-refractivity contribution in [2.75, 3.05) is 29.9 Å². The van der Waals surface area contributed by atoms with Crippen molar-refractivity contribution in [3.63, 3.8) is 0 Å². The van der Waals surface area contributed by atoms with Crippen LogP contribution in [0.25, 0.3) is 0 Å². The Morgan fingerprint density at radius 2 is 1.92 bits per heavy atom. The topological polar surface area (TPSA) is 61.4 Å². The standard InChI is InChI=1S/C20H22BrN3O2/c21-15-6-4-9-17(14-15)24-13-10-18(20(24)26)19(25)23-12-5-11-22-16-7-2-1-3-8-16/h1-4,6-9,14,18,22H,5,10-13H2,(H,23,25). The maximum atomic E-state index is 12.6. The van der Waals surface area contributed by atoms with Crippen molar-refractivity contribution < 1.29 is 9.59 Å². The van der Waals surface area contributed by atoms with Gasteiger partial charge in [-0.2, -0.15) is 0 Å². The molecule has 5 nitrogen and oxygen atoms in total. The molecule has 3 rings (SSSR count). The summed E-state index contributed by atoms with van der Waals surface area (Å²) in [4.78, 5) is 26.6. The second-order valence-electron chi connectivity index (χ2n) is 6.25. The highest BCUT2D eigenvalue weighted by Crippen LogP contribution is 2.27. The number of carbonyl (C=O) groups is 2. The molecule has 0 bridgehead atoms. The second kappa shape index (κ2) is 8.85. The smallest absolute Gasteiger partial charge is 0.239 e. The van der Waals surface area contributed by atoms with Crippen molar-refractivity contribution in [3.8, 4) is 0 Å². The molecule has 1 aliphatic rings. The Hall–Kier alpha value is -2.34. The lowest BCUT2D eigenvalue weighted by Gasteiger charge is -2.17. The predicted molar refractivity (Wildman–Crippen MR) is 107 cm³/mol. The molecular weight excluding hydrogens is 394 g/mol. The molecule has 0 saturated carbocycles. The Balaban J connectivity index is 1.43. The van der Waals surface area contributed by atoms with Gasteiger partial charge in [-0.1, -0.05) is 40.2 Å². The molecule has 1 unspecified atom stereocenters. The average molecular weight is 416 g/mol. The van der Waals surface area contributed by atoms with Crippen LogP contribution in [0.4, 0.5) is 11.4 Å². The molecule has 136 valence electrons. The van der Waals surface area contributed by atoms with Crippen LogP contribution < -0.4 is 15.5 Å². The van der Waals surface area contributed by atoms with E-state index in [0.29, 0.717) is 19.5 Å². The molecule has 2 amide bonds. The van der Waals surface area contributed by atoms with Crippen molar-refractivity contribution in [2.45, 2.75) is 12.8 Å². The number of amides is 2. The first-order valence-electron chi connectivity index (χ1n) is 8.79. The van der Waals surface area contributed by atoms with Crippen molar-refractivity contribution in [2.24, 2.45) is 5.92 Å². The summed E-state index contributed by atoms with van der Waals surface area (Å²) in [5.41, 5.74) is 1.89. The lowest BCUT2D eigenvalue weighted by Crippen LogP contribution is -2.37. The lowest BCUT2D eigenvalue weighted by atomic mass is 10.1. The van der Waals surface area contributed by atoms with E-state index in [1.165, 1.54) is 0 Å². The van der Waals surface area contributed by atoms with Gasteiger partial charge in [0.15, 0.2) is 0 Å². The van der Waals surface area contributed by atoms with Gasteiger partial charge < -0.3 is 15.5 Å². The Kier molecular flexibility index (Phi) is 6.28. The van der Waals surface area contributed by atoms with Crippen LogP contribution in [0.1, 0.15) is 12.8 Å². The summed E-state index contributed by atoms with van der Waals surface area (Å²) in [7, 11) is 0. The fourth-order valence-corrected chi connectivity index (χ4v) is 3.42. The van der Waals surface area contributed by atoms with Crippen LogP contribution in [0, 0.1) is 5.92 Å². The largest absolute Gasteiger partial charge is 0.385 e. The van der Waals surface area contributed by atoms with E-state index in [4.69, 9.17) is 0 Å². The van der Waals surface area contributed by atoms with E-state index in [9.17, 15) is 9.59 Å². The third kappa shape index (κ3) is 4.64. The molecule has 6 heteroatoms. The van der Waals surface area contributed by atoms with Crippen molar-refractivity contribution in [1.82, 2.24) is 5.32 Å². The van der Waals surface area contributed by atoms with Gasteiger partial charge in [-0.25, -0.2) is 0 Å². The number of nitrogens with zero attached hydrogens (tertiary/aromatic N) is 1. The number of nitrogens with one attached hydrogen (secondary N) is 2. The normalized spacial score (nSPS) is 16.6. The summed E-state index contributed by atoms with van der Waals surface area (Å²) in [5, 5.41) is 6.19. The zero-order valence-corrected chi connectivity index (χ0v) is 16.0. The minimum atomic E-state index is -0.587. The van der Waals surface area contributed by atoms with Gasteiger partial charge in [0, 0.05) is 35.5 Å². The van der Waals surface area contributed by atoms with Gasteiger partial charge in [0.05, 0.1) is 0 Å². The van der Waals surface area contributed by atoms with E-state index in [-0.39, 0.29) is 11.8 Å². The van der Waals surface area contributed by atoms with Crippen LogP contribution in [0.2, 0.25) is 0 Å². The number of carbonyl (C=O) groups excluding carboxylic acids is 2. The number of halogens is 1.